The molecule has 3 N–H and O–H groups in total. The Morgan fingerprint density at radius 2 is 0.893 bits per heavy atom. The molecule has 0 amide bonds. The maximum atomic E-state index is 12.6. The van der Waals surface area contributed by atoms with E-state index in [0.29, 0.717) is 13.0 Å². The summed E-state index contributed by atoms with van der Waals surface area (Å²) in [6.45, 7) is 4.94. The molecule has 0 aliphatic heterocycles. The van der Waals surface area contributed by atoms with Gasteiger partial charge in [0.05, 0.1) is 19.8 Å². The summed E-state index contributed by atoms with van der Waals surface area (Å²) in [7, 11) is -4.28. The van der Waals surface area contributed by atoms with Crippen LogP contribution in [0.4, 0.5) is 0 Å². The van der Waals surface area contributed by atoms with Gasteiger partial charge in [0.2, 0.25) is 0 Å². The number of ether oxygens (including phenoxy) is 2. The van der Waals surface area contributed by atoms with E-state index in [1.54, 1.807) is 0 Å². The van der Waals surface area contributed by atoms with Gasteiger partial charge in [-0.3, -0.25) is 13.8 Å². The predicted octanol–water partition coefficient (Wildman–Crippen LogP) is 14.4. The second kappa shape index (κ2) is 45.1. The Hall–Kier alpha value is -1.02. The number of phosphoric ester groups is 1. The highest BCUT2D eigenvalue weighted by atomic mass is 31.2. The number of esters is 1. The molecule has 2 unspecified atom stereocenters. The van der Waals surface area contributed by atoms with E-state index in [1.807, 2.05) is 0 Å². The van der Waals surface area contributed by atoms with Gasteiger partial charge < -0.3 is 20.1 Å². The molecular formula is C47H92NO7P. The lowest BCUT2D eigenvalue weighted by Crippen LogP contribution is -2.28. The third-order valence-corrected chi connectivity index (χ3v) is 11.3. The smallest absolute Gasteiger partial charge is 0.457 e. The maximum absolute atomic E-state index is 12.6. The molecule has 0 aromatic carbocycles. The summed E-state index contributed by atoms with van der Waals surface area (Å²) in [4.78, 5) is 22.5. The number of hydrogen-bond acceptors (Lipinski definition) is 7. The van der Waals surface area contributed by atoms with Crippen molar-refractivity contribution in [1.82, 2.24) is 0 Å². The lowest BCUT2D eigenvalue weighted by atomic mass is 10.1. The molecule has 0 heterocycles. The highest BCUT2D eigenvalue weighted by molar-refractivity contribution is 7.47. The van der Waals surface area contributed by atoms with E-state index in [9.17, 15) is 14.3 Å². The summed E-state index contributed by atoms with van der Waals surface area (Å²) in [6.07, 6.45) is 50.6. The van der Waals surface area contributed by atoms with Crippen molar-refractivity contribution < 1.29 is 32.8 Å². The molecule has 0 saturated carbocycles. The number of allylic oxidation sites excluding steroid dienone is 4. The van der Waals surface area contributed by atoms with Crippen molar-refractivity contribution in [1.29, 1.82) is 0 Å². The third kappa shape index (κ3) is 44.1. The van der Waals surface area contributed by atoms with Crippen LogP contribution in [0.3, 0.4) is 0 Å². The van der Waals surface area contributed by atoms with Crippen LogP contribution in [0.2, 0.25) is 0 Å². The van der Waals surface area contributed by atoms with Crippen LogP contribution in [0.15, 0.2) is 24.3 Å². The van der Waals surface area contributed by atoms with Gasteiger partial charge in [-0.05, 0) is 64.2 Å². The van der Waals surface area contributed by atoms with Crippen LogP contribution in [0.5, 0.6) is 0 Å². The van der Waals surface area contributed by atoms with Crippen molar-refractivity contribution in [2.75, 3.05) is 33.0 Å². The van der Waals surface area contributed by atoms with E-state index in [-0.39, 0.29) is 32.3 Å². The standard InChI is InChI=1S/C47H92NO7P/c1-3-5-7-9-11-13-15-17-19-21-22-23-24-25-26-28-30-32-34-36-38-40-47(49)55-46(45-54-56(50,51)53-43-41-48)44-52-42-39-37-35-33-31-29-27-20-18-16-14-12-10-8-6-4-2/h18,20-22,46H,3-17,19,23-45,48H2,1-2H3,(H,50,51)/b20-18-,22-21-. The van der Waals surface area contributed by atoms with Crippen molar-refractivity contribution in [2.24, 2.45) is 5.73 Å². The summed E-state index contributed by atoms with van der Waals surface area (Å²) in [6, 6.07) is 0. The number of carbonyl (C=O) groups is 1. The summed E-state index contributed by atoms with van der Waals surface area (Å²) >= 11 is 0. The molecule has 0 fully saturated rings. The number of carbonyl (C=O) groups excluding carboxylic acids is 1. The summed E-state index contributed by atoms with van der Waals surface area (Å²) in [5.41, 5.74) is 5.38. The number of unbranched alkanes of at least 4 members (excludes halogenated alkanes) is 29. The number of rotatable bonds is 46. The zero-order valence-corrected chi connectivity index (χ0v) is 37.8. The van der Waals surface area contributed by atoms with E-state index in [0.717, 1.165) is 32.1 Å². The average molecular weight is 814 g/mol. The van der Waals surface area contributed by atoms with Crippen LogP contribution < -0.4 is 5.73 Å². The van der Waals surface area contributed by atoms with Gasteiger partial charge in [0.25, 0.3) is 0 Å². The molecule has 0 rings (SSSR count). The van der Waals surface area contributed by atoms with Gasteiger partial charge in [-0.2, -0.15) is 0 Å². The van der Waals surface area contributed by atoms with Crippen molar-refractivity contribution in [2.45, 2.75) is 238 Å². The first kappa shape index (κ1) is 55.0. The quantitative estimate of drug-likeness (QED) is 0.0270. The van der Waals surface area contributed by atoms with E-state index in [4.69, 9.17) is 24.3 Å². The first-order valence-corrected chi connectivity index (χ1v) is 25.3. The lowest BCUT2D eigenvalue weighted by Gasteiger charge is -2.20. The first-order valence-electron chi connectivity index (χ1n) is 23.8. The second-order valence-electron chi connectivity index (χ2n) is 16.0. The fourth-order valence-corrected chi connectivity index (χ4v) is 7.58. The normalized spacial score (nSPS) is 13.6. The monoisotopic (exact) mass is 814 g/mol. The van der Waals surface area contributed by atoms with Crippen LogP contribution in [0.1, 0.15) is 232 Å². The van der Waals surface area contributed by atoms with Crippen molar-refractivity contribution in [3.8, 4) is 0 Å². The SMILES string of the molecule is CCCCCCCC/C=C\CCCCCCCCOCC(COP(=O)(O)OCCN)OC(=O)CCCCCCCCCCC/C=C\CCCCCCCCCC. The molecule has 0 aromatic rings. The molecule has 56 heavy (non-hydrogen) atoms. The van der Waals surface area contributed by atoms with Gasteiger partial charge in [-0.25, -0.2) is 4.57 Å². The van der Waals surface area contributed by atoms with E-state index >= 15 is 0 Å². The first-order chi connectivity index (χ1) is 27.4. The van der Waals surface area contributed by atoms with Crippen LogP contribution in [0.25, 0.3) is 0 Å². The molecule has 8 nitrogen and oxygen atoms in total. The molecule has 2 atom stereocenters. The summed E-state index contributed by atoms with van der Waals surface area (Å²) in [5, 5.41) is 0. The molecular weight excluding hydrogens is 721 g/mol. The van der Waals surface area contributed by atoms with Gasteiger partial charge in [0.15, 0.2) is 0 Å². The van der Waals surface area contributed by atoms with Crippen LogP contribution in [-0.4, -0.2) is 49.9 Å². The molecule has 0 aromatic heterocycles. The Labute approximate surface area is 346 Å². The van der Waals surface area contributed by atoms with Gasteiger partial charge >= 0.3 is 13.8 Å². The van der Waals surface area contributed by atoms with Crippen molar-refractivity contribution >= 4 is 13.8 Å². The van der Waals surface area contributed by atoms with Gasteiger partial charge in [-0.1, -0.05) is 186 Å². The van der Waals surface area contributed by atoms with Crippen LogP contribution in [0, 0.1) is 0 Å². The zero-order chi connectivity index (χ0) is 40.9. The molecule has 0 spiro atoms. The second-order valence-corrected chi connectivity index (χ2v) is 17.4. The molecule has 0 bridgehead atoms. The van der Waals surface area contributed by atoms with Gasteiger partial charge in [-0.15, -0.1) is 0 Å². The van der Waals surface area contributed by atoms with E-state index < -0.39 is 13.9 Å². The average Bonchev–Trinajstić information content (AvgIpc) is 3.19. The molecule has 0 aliphatic carbocycles. The zero-order valence-electron chi connectivity index (χ0n) is 36.9. The van der Waals surface area contributed by atoms with Crippen LogP contribution in [-0.2, 0) is 27.9 Å². The highest BCUT2D eigenvalue weighted by Crippen LogP contribution is 2.43. The predicted molar refractivity (Wildman–Crippen MR) is 238 cm³/mol. The van der Waals surface area contributed by atoms with E-state index in [2.05, 4.69) is 38.2 Å². The Morgan fingerprint density at radius 1 is 0.518 bits per heavy atom. The van der Waals surface area contributed by atoms with Gasteiger partial charge in [0, 0.05) is 19.6 Å². The summed E-state index contributed by atoms with van der Waals surface area (Å²) < 4.78 is 33.5. The molecule has 0 saturated heterocycles. The topological polar surface area (TPSA) is 117 Å². The lowest BCUT2D eigenvalue weighted by molar-refractivity contribution is -0.154. The van der Waals surface area contributed by atoms with Gasteiger partial charge in [0.1, 0.15) is 6.10 Å². The van der Waals surface area contributed by atoms with E-state index in [1.165, 1.54) is 180 Å². The minimum absolute atomic E-state index is 0.0955. The molecule has 0 aliphatic rings. The molecule has 9 heteroatoms. The minimum atomic E-state index is -4.28. The molecule has 332 valence electrons. The maximum Gasteiger partial charge on any atom is 0.472 e. The highest BCUT2D eigenvalue weighted by Gasteiger charge is 2.25. The fraction of sp³-hybridized carbons (Fsp3) is 0.894. The minimum Gasteiger partial charge on any atom is -0.457 e. The Morgan fingerprint density at radius 3 is 1.30 bits per heavy atom. The fourth-order valence-electron chi connectivity index (χ4n) is 6.81. The Balaban J connectivity index is 3.96. The van der Waals surface area contributed by atoms with Crippen molar-refractivity contribution in [3.63, 3.8) is 0 Å². The van der Waals surface area contributed by atoms with Crippen LogP contribution >= 0.6 is 7.82 Å². The Bertz CT molecular complexity index is 915. The van der Waals surface area contributed by atoms with Crippen molar-refractivity contribution in [3.05, 3.63) is 24.3 Å². The largest absolute Gasteiger partial charge is 0.472 e. The number of hydrogen-bond donors (Lipinski definition) is 2. The summed E-state index contributed by atoms with van der Waals surface area (Å²) in [5.74, 6) is -0.332. The molecule has 0 radical (unpaired) electrons. The third-order valence-electron chi connectivity index (χ3n) is 10.3. The number of nitrogens with two attached hydrogens (primary N) is 1. The Kier molecular flexibility index (Phi) is 44.3. The number of phosphoric acid groups is 1.